The second-order valence-corrected chi connectivity index (χ2v) is 7.05. The number of ether oxygens (including phenoxy) is 2. The van der Waals surface area contributed by atoms with E-state index in [0.29, 0.717) is 29.2 Å². The van der Waals surface area contributed by atoms with Crippen molar-refractivity contribution in [1.82, 2.24) is 4.90 Å². The summed E-state index contributed by atoms with van der Waals surface area (Å²) >= 11 is 0. The van der Waals surface area contributed by atoms with Crippen LogP contribution in [0.1, 0.15) is 32.8 Å². The number of imide groups is 1. The fraction of sp³-hybridized carbons (Fsp3) is 0.304. The second-order valence-electron chi connectivity index (χ2n) is 7.05. The van der Waals surface area contributed by atoms with Crippen molar-refractivity contribution in [1.29, 1.82) is 0 Å². The number of amides is 2. The van der Waals surface area contributed by atoms with Crippen molar-refractivity contribution in [3.8, 4) is 11.5 Å². The van der Waals surface area contributed by atoms with Crippen LogP contribution in [0.2, 0.25) is 0 Å². The molecule has 2 aromatic carbocycles. The van der Waals surface area contributed by atoms with Gasteiger partial charge < -0.3 is 14.8 Å². The van der Waals surface area contributed by atoms with Gasteiger partial charge in [-0.15, -0.1) is 0 Å². The van der Waals surface area contributed by atoms with Crippen LogP contribution in [0, 0.1) is 0 Å². The lowest BCUT2D eigenvalue weighted by atomic mass is 10.0. The molecule has 6 heteroatoms. The summed E-state index contributed by atoms with van der Waals surface area (Å²) in [5, 5.41) is 3.14. The van der Waals surface area contributed by atoms with E-state index in [4.69, 9.17) is 9.47 Å². The van der Waals surface area contributed by atoms with Crippen LogP contribution in [0.25, 0.3) is 5.57 Å². The summed E-state index contributed by atoms with van der Waals surface area (Å²) in [5.41, 5.74) is 2.01. The third kappa shape index (κ3) is 4.26. The van der Waals surface area contributed by atoms with Crippen LogP contribution in [-0.2, 0) is 9.59 Å². The van der Waals surface area contributed by atoms with Crippen molar-refractivity contribution < 1.29 is 19.1 Å². The topological polar surface area (TPSA) is 67.9 Å². The third-order valence-corrected chi connectivity index (χ3v) is 4.61. The molecule has 1 N–H and O–H groups in total. The van der Waals surface area contributed by atoms with Gasteiger partial charge in [0.1, 0.15) is 17.2 Å². The van der Waals surface area contributed by atoms with Gasteiger partial charge in [-0.25, -0.2) is 0 Å². The second kappa shape index (κ2) is 8.82. The Hall–Kier alpha value is -3.28. The Morgan fingerprint density at radius 1 is 0.931 bits per heavy atom. The van der Waals surface area contributed by atoms with Crippen molar-refractivity contribution >= 4 is 23.1 Å². The van der Waals surface area contributed by atoms with Crippen LogP contribution in [-0.4, -0.2) is 36.5 Å². The van der Waals surface area contributed by atoms with Gasteiger partial charge in [0, 0.05) is 11.7 Å². The molecule has 152 valence electrons. The maximum absolute atomic E-state index is 13.1. The highest BCUT2D eigenvalue weighted by atomic mass is 16.5. The number of hydrogen-bond donors (Lipinski definition) is 1. The van der Waals surface area contributed by atoms with Gasteiger partial charge in [0.25, 0.3) is 11.8 Å². The van der Waals surface area contributed by atoms with Crippen molar-refractivity contribution in [2.45, 2.75) is 33.2 Å². The number of hydrogen-bond acceptors (Lipinski definition) is 5. The molecular formula is C23H26N2O4. The van der Waals surface area contributed by atoms with Gasteiger partial charge in [0.15, 0.2) is 0 Å². The Morgan fingerprint density at radius 3 is 2.10 bits per heavy atom. The Bertz CT molecular complexity index is 915. The summed E-state index contributed by atoms with van der Waals surface area (Å²) in [6, 6.07) is 14.2. The Balaban J connectivity index is 1.98. The van der Waals surface area contributed by atoms with Crippen LogP contribution in [0.3, 0.4) is 0 Å². The molecule has 0 unspecified atom stereocenters. The largest absolute Gasteiger partial charge is 0.497 e. The molecule has 0 aromatic heterocycles. The summed E-state index contributed by atoms with van der Waals surface area (Å²) in [7, 11) is 1.59. The molecule has 2 amide bonds. The molecule has 2 aromatic rings. The molecule has 0 saturated heterocycles. The summed E-state index contributed by atoms with van der Waals surface area (Å²) < 4.78 is 10.8. The van der Waals surface area contributed by atoms with E-state index in [-0.39, 0.29) is 23.6 Å². The van der Waals surface area contributed by atoms with Crippen molar-refractivity contribution in [3.63, 3.8) is 0 Å². The number of carbonyl (C=O) groups is 2. The smallest absolute Gasteiger partial charge is 0.278 e. The minimum absolute atomic E-state index is 0.243. The minimum Gasteiger partial charge on any atom is -0.497 e. The molecule has 1 aliphatic heterocycles. The highest BCUT2D eigenvalue weighted by Gasteiger charge is 2.40. The minimum atomic E-state index is -0.331. The average Bonchev–Trinajstić information content (AvgIpc) is 2.97. The summed E-state index contributed by atoms with van der Waals surface area (Å²) in [6.07, 6.45) is 0.916. The molecule has 0 atom stereocenters. The first-order valence-electron chi connectivity index (χ1n) is 9.72. The fourth-order valence-corrected chi connectivity index (χ4v) is 3.16. The van der Waals surface area contributed by atoms with Gasteiger partial charge in [0.2, 0.25) is 0 Å². The van der Waals surface area contributed by atoms with E-state index in [0.717, 1.165) is 12.2 Å². The van der Waals surface area contributed by atoms with Crippen molar-refractivity contribution in [2.75, 3.05) is 19.0 Å². The first kappa shape index (κ1) is 20.5. The summed E-state index contributed by atoms with van der Waals surface area (Å²) in [6.45, 7) is 6.32. The van der Waals surface area contributed by atoms with E-state index in [1.54, 1.807) is 31.4 Å². The number of benzene rings is 2. The Labute approximate surface area is 171 Å². The van der Waals surface area contributed by atoms with Crippen LogP contribution in [0.4, 0.5) is 5.69 Å². The van der Waals surface area contributed by atoms with E-state index >= 15 is 0 Å². The third-order valence-electron chi connectivity index (χ3n) is 4.61. The first-order chi connectivity index (χ1) is 14.0. The monoisotopic (exact) mass is 394 g/mol. The number of anilines is 1. The zero-order valence-electron chi connectivity index (χ0n) is 17.2. The number of nitrogens with zero attached hydrogens (tertiary/aromatic N) is 1. The van der Waals surface area contributed by atoms with Crippen LogP contribution >= 0.6 is 0 Å². The Morgan fingerprint density at radius 2 is 1.55 bits per heavy atom. The molecule has 0 bridgehead atoms. The normalized spacial score (nSPS) is 14.0. The molecular weight excluding hydrogens is 368 g/mol. The lowest BCUT2D eigenvalue weighted by molar-refractivity contribution is -0.138. The van der Waals surface area contributed by atoms with Gasteiger partial charge in [-0.1, -0.05) is 19.1 Å². The highest BCUT2D eigenvalue weighted by Crippen LogP contribution is 2.32. The number of rotatable bonds is 8. The molecule has 0 saturated carbocycles. The molecule has 0 aliphatic carbocycles. The molecule has 29 heavy (non-hydrogen) atoms. The fourth-order valence-electron chi connectivity index (χ4n) is 3.16. The van der Waals surface area contributed by atoms with Gasteiger partial charge in [-0.05, 0) is 62.2 Å². The van der Waals surface area contributed by atoms with Crippen molar-refractivity contribution in [3.05, 3.63) is 59.8 Å². The van der Waals surface area contributed by atoms with Gasteiger partial charge >= 0.3 is 0 Å². The lowest BCUT2D eigenvalue weighted by Gasteiger charge is -2.19. The van der Waals surface area contributed by atoms with E-state index < -0.39 is 0 Å². The van der Waals surface area contributed by atoms with Gasteiger partial charge in [-0.3, -0.25) is 14.5 Å². The van der Waals surface area contributed by atoms with E-state index in [2.05, 4.69) is 5.32 Å². The lowest BCUT2D eigenvalue weighted by Crippen LogP contribution is -2.38. The predicted octanol–water partition coefficient (Wildman–Crippen LogP) is 4.08. The zero-order chi connectivity index (χ0) is 21.0. The highest BCUT2D eigenvalue weighted by molar-refractivity contribution is 6.36. The number of methoxy groups -OCH3 is 1. The summed E-state index contributed by atoms with van der Waals surface area (Å²) in [5.74, 6) is 0.814. The van der Waals surface area contributed by atoms with Gasteiger partial charge in [-0.2, -0.15) is 0 Å². The molecule has 0 fully saturated rings. The van der Waals surface area contributed by atoms with E-state index in [1.165, 1.54) is 4.90 Å². The van der Waals surface area contributed by atoms with Crippen LogP contribution in [0.5, 0.6) is 11.5 Å². The summed E-state index contributed by atoms with van der Waals surface area (Å²) in [4.78, 5) is 27.4. The standard InChI is InChI=1S/C23H26N2O4/c1-5-14-29-19-10-6-16(7-11-19)20-21(23(27)25(15(2)3)22(20)26)24-17-8-12-18(28-4)13-9-17/h6-13,15,24H,5,14H2,1-4H3. The predicted molar refractivity (Wildman–Crippen MR) is 113 cm³/mol. The maximum atomic E-state index is 13.1. The quantitative estimate of drug-likeness (QED) is 0.683. The van der Waals surface area contributed by atoms with Gasteiger partial charge in [0.05, 0.1) is 19.3 Å². The molecule has 1 heterocycles. The Kier molecular flexibility index (Phi) is 6.22. The molecule has 1 aliphatic rings. The molecule has 3 rings (SSSR count). The molecule has 0 spiro atoms. The van der Waals surface area contributed by atoms with Crippen LogP contribution in [0.15, 0.2) is 54.2 Å². The first-order valence-corrected chi connectivity index (χ1v) is 9.72. The SMILES string of the molecule is CCCOc1ccc(C2=C(Nc3ccc(OC)cc3)C(=O)N(C(C)C)C2=O)cc1. The molecule has 0 radical (unpaired) electrons. The number of nitrogens with one attached hydrogen (secondary N) is 1. The van der Waals surface area contributed by atoms with Crippen LogP contribution < -0.4 is 14.8 Å². The van der Waals surface area contributed by atoms with Crippen molar-refractivity contribution in [2.24, 2.45) is 0 Å². The molecule has 6 nitrogen and oxygen atoms in total. The zero-order valence-corrected chi connectivity index (χ0v) is 17.2. The van der Waals surface area contributed by atoms with E-state index in [9.17, 15) is 9.59 Å². The average molecular weight is 394 g/mol. The number of carbonyl (C=O) groups excluding carboxylic acids is 2. The van der Waals surface area contributed by atoms with E-state index in [1.807, 2.05) is 45.0 Å². The maximum Gasteiger partial charge on any atom is 0.278 e.